The van der Waals surface area contributed by atoms with Gasteiger partial charge in [0.05, 0.1) is 6.61 Å². The lowest BCUT2D eigenvalue weighted by Gasteiger charge is -2.32. The first-order valence-corrected chi connectivity index (χ1v) is 5.97. The van der Waals surface area contributed by atoms with E-state index in [1.54, 1.807) is 0 Å². The van der Waals surface area contributed by atoms with Crippen molar-refractivity contribution in [3.8, 4) is 0 Å². The number of likely N-dealkylation sites (N-methyl/N-ethyl adjacent to an activating group) is 1. The molecule has 90 valence electrons. The molecule has 0 heterocycles. The van der Waals surface area contributed by atoms with E-state index in [4.69, 9.17) is 0 Å². The molecular weight excluding hydrogens is 198 g/mol. The van der Waals surface area contributed by atoms with E-state index in [1.165, 1.54) is 5.56 Å². The lowest BCUT2D eigenvalue weighted by atomic mass is 9.83. The molecule has 1 rings (SSSR count). The number of hydrogen-bond donors (Lipinski definition) is 1. The van der Waals surface area contributed by atoms with E-state index < -0.39 is 0 Å². The summed E-state index contributed by atoms with van der Waals surface area (Å²) in [6, 6.07) is 10.3. The first kappa shape index (κ1) is 13.2. The Kier molecular flexibility index (Phi) is 4.97. The third-order valence-corrected chi connectivity index (χ3v) is 3.04. The minimum atomic E-state index is -0.162. The summed E-state index contributed by atoms with van der Waals surface area (Å²) in [5.41, 5.74) is 1.05. The van der Waals surface area contributed by atoms with Crippen molar-refractivity contribution in [1.29, 1.82) is 0 Å². The van der Waals surface area contributed by atoms with Gasteiger partial charge < -0.3 is 10.0 Å². The first-order chi connectivity index (χ1) is 7.62. The number of aliphatic hydroxyl groups is 1. The largest absolute Gasteiger partial charge is 0.395 e. The van der Waals surface area contributed by atoms with E-state index in [1.807, 2.05) is 18.2 Å². The standard InChI is InChI=1S/C14H23NO/c1-4-10-15(3)11-14(2,12-16)13-8-6-5-7-9-13/h5-9,16H,4,10-12H2,1-3H3. The smallest absolute Gasteiger partial charge is 0.0537 e. The van der Waals surface area contributed by atoms with Crippen LogP contribution in [0.5, 0.6) is 0 Å². The quantitative estimate of drug-likeness (QED) is 0.796. The van der Waals surface area contributed by atoms with E-state index in [-0.39, 0.29) is 12.0 Å². The third-order valence-electron chi connectivity index (χ3n) is 3.04. The molecule has 1 N–H and O–H groups in total. The van der Waals surface area contributed by atoms with Gasteiger partial charge in [-0.3, -0.25) is 0 Å². The fourth-order valence-corrected chi connectivity index (χ4v) is 2.13. The Morgan fingerprint density at radius 2 is 1.88 bits per heavy atom. The molecule has 2 heteroatoms. The zero-order valence-corrected chi connectivity index (χ0v) is 10.6. The molecule has 0 aromatic heterocycles. The summed E-state index contributed by atoms with van der Waals surface area (Å²) in [6.07, 6.45) is 1.15. The molecule has 0 radical (unpaired) electrons. The van der Waals surface area contributed by atoms with E-state index in [0.29, 0.717) is 0 Å². The van der Waals surface area contributed by atoms with Gasteiger partial charge in [0, 0.05) is 12.0 Å². The minimum Gasteiger partial charge on any atom is -0.395 e. The molecule has 0 aliphatic carbocycles. The highest BCUT2D eigenvalue weighted by atomic mass is 16.3. The third kappa shape index (κ3) is 3.32. The Hall–Kier alpha value is -0.860. The summed E-state index contributed by atoms with van der Waals surface area (Å²) >= 11 is 0. The number of nitrogens with zero attached hydrogens (tertiary/aromatic N) is 1. The van der Waals surface area contributed by atoms with E-state index in [2.05, 4.69) is 37.9 Å². The number of hydrogen-bond acceptors (Lipinski definition) is 2. The molecule has 0 bridgehead atoms. The van der Waals surface area contributed by atoms with Gasteiger partial charge in [-0.25, -0.2) is 0 Å². The van der Waals surface area contributed by atoms with Crippen molar-refractivity contribution in [3.63, 3.8) is 0 Å². The van der Waals surface area contributed by atoms with Gasteiger partial charge in [-0.1, -0.05) is 44.2 Å². The molecule has 0 saturated heterocycles. The van der Waals surface area contributed by atoms with Gasteiger partial charge in [0.1, 0.15) is 0 Å². The highest BCUT2D eigenvalue weighted by molar-refractivity contribution is 5.25. The molecule has 1 aromatic rings. The normalized spacial score (nSPS) is 15.1. The Morgan fingerprint density at radius 3 is 2.38 bits per heavy atom. The van der Waals surface area contributed by atoms with Crippen LogP contribution in [0, 0.1) is 0 Å². The van der Waals surface area contributed by atoms with Crippen LogP contribution in [0.4, 0.5) is 0 Å². The Bertz CT molecular complexity index is 299. The fraction of sp³-hybridized carbons (Fsp3) is 0.571. The average Bonchev–Trinajstić information content (AvgIpc) is 2.30. The Labute approximate surface area is 98.9 Å². The van der Waals surface area contributed by atoms with Crippen molar-refractivity contribution in [2.45, 2.75) is 25.7 Å². The molecule has 0 amide bonds. The minimum absolute atomic E-state index is 0.162. The second kappa shape index (κ2) is 6.02. The molecule has 16 heavy (non-hydrogen) atoms. The predicted octanol–water partition coefficient (Wildman–Crippen LogP) is 2.28. The topological polar surface area (TPSA) is 23.5 Å². The molecule has 0 aliphatic heterocycles. The van der Waals surface area contributed by atoms with Gasteiger partial charge in [-0.2, -0.15) is 0 Å². The Balaban J connectivity index is 2.78. The van der Waals surface area contributed by atoms with E-state index in [9.17, 15) is 5.11 Å². The van der Waals surface area contributed by atoms with Crippen LogP contribution in [-0.4, -0.2) is 36.8 Å². The highest BCUT2D eigenvalue weighted by Crippen LogP contribution is 2.23. The molecule has 0 aliphatic rings. The van der Waals surface area contributed by atoms with Crippen LogP contribution in [0.2, 0.25) is 0 Å². The van der Waals surface area contributed by atoms with Crippen LogP contribution in [0.1, 0.15) is 25.8 Å². The molecule has 0 saturated carbocycles. The zero-order valence-electron chi connectivity index (χ0n) is 10.6. The number of aliphatic hydroxyl groups excluding tert-OH is 1. The van der Waals surface area contributed by atoms with Crippen molar-refractivity contribution in [2.75, 3.05) is 26.7 Å². The van der Waals surface area contributed by atoms with Crippen LogP contribution >= 0.6 is 0 Å². The molecule has 1 unspecified atom stereocenters. The van der Waals surface area contributed by atoms with Gasteiger partial charge in [0.25, 0.3) is 0 Å². The summed E-state index contributed by atoms with van der Waals surface area (Å²) in [7, 11) is 2.11. The van der Waals surface area contributed by atoms with Gasteiger partial charge in [0.15, 0.2) is 0 Å². The van der Waals surface area contributed by atoms with Gasteiger partial charge in [0.2, 0.25) is 0 Å². The Morgan fingerprint density at radius 1 is 1.25 bits per heavy atom. The number of benzene rings is 1. The summed E-state index contributed by atoms with van der Waals surface area (Å²) < 4.78 is 0. The summed E-state index contributed by atoms with van der Waals surface area (Å²) in [5.74, 6) is 0. The predicted molar refractivity (Wildman–Crippen MR) is 68.7 cm³/mol. The summed E-state index contributed by atoms with van der Waals surface area (Å²) in [4.78, 5) is 2.28. The second-order valence-electron chi connectivity index (χ2n) is 4.82. The van der Waals surface area contributed by atoms with Crippen molar-refractivity contribution in [1.82, 2.24) is 4.90 Å². The zero-order chi connectivity index (χ0) is 12.0. The highest BCUT2D eigenvalue weighted by Gasteiger charge is 2.26. The maximum absolute atomic E-state index is 9.63. The lowest BCUT2D eigenvalue weighted by molar-refractivity contribution is 0.159. The molecular formula is C14H23NO. The average molecular weight is 221 g/mol. The van der Waals surface area contributed by atoms with Crippen LogP contribution in [-0.2, 0) is 5.41 Å². The van der Waals surface area contributed by atoms with Crippen molar-refractivity contribution >= 4 is 0 Å². The van der Waals surface area contributed by atoms with Gasteiger partial charge >= 0.3 is 0 Å². The lowest BCUT2D eigenvalue weighted by Crippen LogP contribution is -2.40. The molecule has 0 spiro atoms. The fourth-order valence-electron chi connectivity index (χ4n) is 2.13. The van der Waals surface area contributed by atoms with Crippen LogP contribution in [0.15, 0.2) is 30.3 Å². The molecule has 1 aromatic carbocycles. The maximum Gasteiger partial charge on any atom is 0.0537 e. The van der Waals surface area contributed by atoms with E-state index in [0.717, 1.165) is 19.5 Å². The van der Waals surface area contributed by atoms with E-state index >= 15 is 0 Å². The number of rotatable bonds is 6. The first-order valence-electron chi connectivity index (χ1n) is 5.97. The summed E-state index contributed by atoms with van der Waals surface area (Å²) in [5, 5.41) is 9.63. The van der Waals surface area contributed by atoms with Crippen LogP contribution in [0.25, 0.3) is 0 Å². The molecule has 2 nitrogen and oxygen atoms in total. The molecule has 0 fully saturated rings. The van der Waals surface area contributed by atoms with Gasteiger partial charge in [-0.05, 0) is 25.6 Å². The van der Waals surface area contributed by atoms with Crippen LogP contribution < -0.4 is 0 Å². The monoisotopic (exact) mass is 221 g/mol. The summed E-state index contributed by atoms with van der Waals surface area (Å²) in [6.45, 7) is 6.44. The van der Waals surface area contributed by atoms with Crippen molar-refractivity contribution < 1.29 is 5.11 Å². The van der Waals surface area contributed by atoms with Crippen molar-refractivity contribution in [3.05, 3.63) is 35.9 Å². The van der Waals surface area contributed by atoms with Crippen molar-refractivity contribution in [2.24, 2.45) is 0 Å². The van der Waals surface area contributed by atoms with Crippen LogP contribution in [0.3, 0.4) is 0 Å². The second-order valence-corrected chi connectivity index (χ2v) is 4.82. The molecule has 1 atom stereocenters. The van der Waals surface area contributed by atoms with Gasteiger partial charge in [-0.15, -0.1) is 0 Å². The maximum atomic E-state index is 9.63. The SMILES string of the molecule is CCCN(C)CC(C)(CO)c1ccccc1.